The molecule has 0 spiro atoms. The van der Waals surface area contributed by atoms with Crippen LogP contribution in [0.5, 0.6) is 0 Å². The maximum Gasteiger partial charge on any atom is 0.268 e. The maximum atomic E-state index is 11.5. The monoisotopic (exact) mass is 275 g/mol. The van der Waals surface area contributed by atoms with Crippen LogP contribution in [0.4, 0.5) is 0 Å². The van der Waals surface area contributed by atoms with E-state index >= 15 is 0 Å². The Morgan fingerprint density at radius 2 is 1.72 bits per heavy atom. The predicted octanol–water partition coefficient (Wildman–Crippen LogP) is 2.38. The molecule has 0 bridgehead atoms. The predicted molar refractivity (Wildman–Crippen MR) is 74.2 cm³/mol. The summed E-state index contributed by atoms with van der Waals surface area (Å²) < 4.78 is 32.3. The van der Waals surface area contributed by atoms with Crippen molar-refractivity contribution in [2.45, 2.75) is 58.2 Å². The van der Waals surface area contributed by atoms with Gasteiger partial charge in [-0.2, -0.15) is 8.42 Å². The highest BCUT2D eigenvalue weighted by atomic mass is 32.2. The molecular formula is C13H25NO3S. The van der Waals surface area contributed by atoms with Gasteiger partial charge in [-0.15, -0.1) is 0 Å². The molecule has 0 aromatic heterocycles. The van der Waals surface area contributed by atoms with Gasteiger partial charge in [0.1, 0.15) is 0 Å². The number of nitrogens with one attached hydrogen (secondary N) is 1. The van der Waals surface area contributed by atoms with Crippen LogP contribution in [0.25, 0.3) is 0 Å². The summed E-state index contributed by atoms with van der Waals surface area (Å²) in [5.41, 5.74) is 2.29. The second kappa shape index (κ2) is 5.31. The van der Waals surface area contributed by atoms with Crippen LogP contribution >= 0.6 is 0 Å². The molecule has 0 aromatic carbocycles. The quantitative estimate of drug-likeness (QED) is 0.613. The second-order valence-electron chi connectivity index (χ2n) is 6.41. The molecule has 1 aliphatic rings. The Hall–Kier alpha value is -0.390. The largest absolute Gasteiger partial charge is 0.312 e. The number of rotatable bonds is 3. The zero-order valence-electron chi connectivity index (χ0n) is 11.9. The Bertz CT molecular complexity index is 432. The zero-order chi connectivity index (χ0) is 14.1. The summed E-state index contributed by atoms with van der Waals surface area (Å²) in [5.74, 6) is -0.0528. The fraction of sp³-hybridized carbons (Fsp3) is 0.846. The van der Waals surface area contributed by atoms with Crippen LogP contribution in [0.2, 0.25) is 0 Å². The van der Waals surface area contributed by atoms with Crippen LogP contribution in [0.3, 0.4) is 0 Å². The third kappa shape index (κ3) is 4.37. The van der Waals surface area contributed by atoms with Gasteiger partial charge in [-0.1, -0.05) is 11.1 Å². The van der Waals surface area contributed by atoms with Crippen molar-refractivity contribution in [1.82, 2.24) is 5.32 Å². The van der Waals surface area contributed by atoms with E-state index in [1.807, 2.05) is 34.6 Å². The average Bonchev–Trinajstić information content (AvgIpc) is 2.16. The Balaban J connectivity index is 2.86. The standard InChI is InChI=1S/C13H25NO3S/c1-9-6-11(8-14-13(3,4)5)12(7-10(9)2)18(15,16)17/h11-12,14H,6-8H2,1-5H3,(H,15,16,17). The molecule has 2 atom stereocenters. The van der Waals surface area contributed by atoms with E-state index in [1.165, 1.54) is 5.57 Å². The molecule has 0 saturated carbocycles. The Kier molecular flexibility index (Phi) is 4.62. The van der Waals surface area contributed by atoms with Gasteiger partial charge in [-0.3, -0.25) is 4.55 Å². The molecule has 1 aliphatic carbocycles. The molecule has 0 heterocycles. The molecule has 0 aromatic rings. The molecule has 2 N–H and O–H groups in total. The highest BCUT2D eigenvalue weighted by Gasteiger charge is 2.36. The molecule has 0 amide bonds. The van der Waals surface area contributed by atoms with Gasteiger partial charge in [0.15, 0.2) is 0 Å². The first-order chi connectivity index (χ1) is 8.00. The number of allylic oxidation sites excluding steroid dienone is 2. The molecule has 0 saturated heterocycles. The lowest BCUT2D eigenvalue weighted by Crippen LogP contribution is -2.45. The lowest BCUT2D eigenvalue weighted by molar-refractivity contribution is 0.336. The van der Waals surface area contributed by atoms with Crippen molar-refractivity contribution in [3.05, 3.63) is 11.1 Å². The average molecular weight is 275 g/mol. The molecule has 0 radical (unpaired) electrons. The molecular weight excluding hydrogens is 250 g/mol. The molecule has 106 valence electrons. The van der Waals surface area contributed by atoms with E-state index in [9.17, 15) is 13.0 Å². The SMILES string of the molecule is CC1=C(C)CC(S(=O)(=O)O)C(CNC(C)(C)C)C1. The summed E-state index contributed by atoms with van der Waals surface area (Å²) in [6.45, 7) is 10.7. The highest BCUT2D eigenvalue weighted by molar-refractivity contribution is 7.86. The topological polar surface area (TPSA) is 66.4 Å². The summed E-state index contributed by atoms with van der Waals surface area (Å²) in [7, 11) is -3.97. The molecule has 1 rings (SSSR count). The van der Waals surface area contributed by atoms with Crippen molar-refractivity contribution in [2.75, 3.05) is 6.54 Å². The number of hydrogen-bond donors (Lipinski definition) is 2. The zero-order valence-corrected chi connectivity index (χ0v) is 12.8. The van der Waals surface area contributed by atoms with Gasteiger partial charge < -0.3 is 5.32 Å². The summed E-state index contributed by atoms with van der Waals surface area (Å²) in [4.78, 5) is 0. The van der Waals surface area contributed by atoms with E-state index in [-0.39, 0.29) is 11.5 Å². The Labute approximate surface area is 111 Å². The number of hydrogen-bond acceptors (Lipinski definition) is 3. The van der Waals surface area contributed by atoms with Crippen molar-refractivity contribution < 1.29 is 13.0 Å². The van der Waals surface area contributed by atoms with Crippen LogP contribution in [0, 0.1) is 5.92 Å². The van der Waals surface area contributed by atoms with Gasteiger partial charge >= 0.3 is 0 Å². The van der Waals surface area contributed by atoms with Gasteiger partial charge in [0.25, 0.3) is 10.1 Å². The van der Waals surface area contributed by atoms with E-state index < -0.39 is 15.4 Å². The van der Waals surface area contributed by atoms with Crippen molar-refractivity contribution in [1.29, 1.82) is 0 Å². The van der Waals surface area contributed by atoms with Crippen molar-refractivity contribution >= 4 is 10.1 Å². The minimum atomic E-state index is -3.97. The lowest BCUT2D eigenvalue weighted by Gasteiger charge is -2.33. The highest BCUT2D eigenvalue weighted by Crippen LogP contribution is 2.33. The maximum absolute atomic E-state index is 11.5. The molecule has 18 heavy (non-hydrogen) atoms. The Morgan fingerprint density at radius 3 is 2.17 bits per heavy atom. The lowest BCUT2D eigenvalue weighted by atomic mass is 9.84. The summed E-state index contributed by atoms with van der Waals surface area (Å²) in [6, 6.07) is 0. The van der Waals surface area contributed by atoms with Gasteiger partial charge in [-0.25, -0.2) is 0 Å². The van der Waals surface area contributed by atoms with Crippen molar-refractivity contribution in [3.63, 3.8) is 0 Å². The molecule has 4 nitrogen and oxygen atoms in total. The van der Waals surface area contributed by atoms with E-state index in [1.54, 1.807) is 0 Å². The smallest absolute Gasteiger partial charge is 0.268 e. The van der Waals surface area contributed by atoms with Gasteiger partial charge in [-0.05, 0) is 53.4 Å². The van der Waals surface area contributed by atoms with E-state index in [2.05, 4.69) is 5.32 Å². The van der Waals surface area contributed by atoms with Crippen LogP contribution in [-0.4, -0.2) is 30.3 Å². The fourth-order valence-corrected chi connectivity index (χ4v) is 3.47. The first-order valence-corrected chi connectivity index (χ1v) is 7.87. The van der Waals surface area contributed by atoms with Gasteiger partial charge in [0.05, 0.1) is 5.25 Å². The first kappa shape index (κ1) is 15.7. The van der Waals surface area contributed by atoms with E-state index in [4.69, 9.17) is 0 Å². The summed E-state index contributed by atoms with van der Waals surface area (Å²) in [6.07, 6.45) is 1.18. The fourth-order valence-electron chi connectivity index (χ4n) is 2.33. The summed E-state index contributed by atoms with van der Waals surface area (Å²) >= 11 is 0. The van der Waals surface area contributed by atoms with Crippen molar-refractivity contribution in [2.24, 2.45) is 5.92 Å². The van der Waals surface area contributed by atoms with E-state index in [0.29, 0.717) is 13.0 Å². The van der Waals surface area contributed by atoms with Gasteiger partial charge in [0, 0.05) is 12.1 Å². The Morgan fingerprint density at radius 1 is 1.22 bits per heavy atom. The van der Waals surface area contributed by atoms with E-state index in [0.717, 1.165) is 12.0 Å². The summed E-state index contributed by atoms with van der Waals surface area (Å²) in [5, 5.41) is 2.66. The van der Waals surface area contributed by atoms with Crippen LogP contribution in [-0.2, 0) is 10.1 Å². The minimum absolute atomic E-state index is 0.0477. The minimum Gasteiger partial charge on any atom is -0.312 e. The first-order valence-electron chi connectivity index (χ1n) is 6.37. The molecule has 0 fully saturated rings. The third-order valence-corrected chi connectivity index (χ3v) is 4.92. The molecule has 5 heteroatoms. The molecule has 2 unspecified atom stereocenters. The molecule has 0 aliphatic heterocycles. The second-order valence-corrected chi connectivity index (χ2v) is 8.05. The van der Waals surface area contributed by atoms with Crippen LogP contribution in [0.15, 0.2) is 11.1 Å². The van der Waals surface area contributed by atoms with Crippen molar-refractivity contribution in [3.8, 4) is 0 Å². The van der Waals surface area contributed by atoms with Gasteiger partial charge in [0.2, 0.25) is 0 Å². The normalized spacial score (nSPS) is 26.6. The van der Waals surface area contributed by atoms with Crippen LogP contribution in [0.1, 0.15) is 47.5 Å². The third-order valence-electron chi connectivity index (χ3n) is 3.61. The van der Waals surface area contributed by atoms with Crippen LogP contribution < -0.4 is 5.32 Å².